The van der Waals surface area contributed by atoms with E-state index in [1.54, 1.807) is 19.1 Å². The summed E-state index contributed by atoms with van der Waals surface area (Å²) in [7, 11) is -3.15. The number of sulfone groups is 1. The molecule has 8 heteroatoms. The van der Waals surface area contributed by atoms with Gasteiger partial charge in [-0.3, -0.25) is 0 Å². The molecule has 138 valence electrons. The van der Waals surface area contributed by atoms with Crippen molar-refractivity contribution >= 4 is 21.5 Å². The number of nitrogens with one attached hydrogen (secondary N) is 1. The van der Waals surface area contributed by atoms with Gasteiger partial charge in [0.2, 0.25) is 9.84 Å². The first-order valence-electron chi connectivity index (χ1n) is 7.49. The summed E-state index contributed by atoms with van der Waals surface area (Å²) >= 11 is 0. The predicted octanol–water partition coefficient (Wildman–Crippen LogP) is 3.48. The summed E-state index contributed by atoms with van der Waals surface area (Å²) in [4.78, 5) is 11.3. The maximum atomic E-state index is 13.3. The van der Waals surface area contributed by atoms with E-state index in [2.05, 4.69) is 10.1 Å². The zero-order chi connectivity index (χ0) is 19.5. The quantitative estimate of drug-likeness (QED) is 0.634. The third-order valence-electron chi connectivity index (χ3n) is 3.59. The first-order chi connectivity index (χ1) is 12.2. The Labute approximate surface area is 150 Å². The second-order valence-electron chi connectivity index (χ2n) is 5.55. The van der Waals surface area contributed by atoms with Crippen LogP contribution in [0.1, 0.15) is 11.1 Å². The van der Waals surface area contributed by atoms with Crippen molar-refractivity contribution in [1.82, 2.24) is 0 Å². The summed E-state index contributed by atoms with van der Waals surface area (Å²) in [6.07, 6.45) is 0.896. The van der Waals surface area contributed by atoms with Gasteiger partial charge in [0.1, 0.15) is 0 Å². The van der Waals surface area contributed by atoms with Gasteiger partial charge in [-0.15, -0.1) is 0 Å². The molecule has 5 nitrogen and oxygen atoms in total. The number of esters is 1. The van der Waals surface area contributed by atoms with E-state index >= 15 is 0 Å². The Morgan fingerprint density at radius 1 is 1.08 bits per heavy atom. The van der Waals surface area contributed by atoms with Crippen LogP contribution >= 0.6 is 0 Å². The zero-order valence-electron chi connectivity index (χ0n) is 14.3. The Bertz CT molecular complexity index is 985. The first kappa shape index (κ1) is 19.6. The van der Waals surface area contributed by atoms with Crippen LogP contribution in [0.3, 0.4) is 0 Å². The summed E-state index contributed by atoms with van der Waals surface area (Å²) in [5, 5.41) is 2.49. The van der Waals surface area contributed by atoms with Crippen LogP contribution in [-0.4, -0.2) is 21.5 Å². The average Bonchev–Trinajstić information content (AvgIpc) is 2.57. The molecule has 0 aliphatic heterocycles. The fraction of sp³-hybridized carbons (Fsp3) is 0.167. The minimum atomic E-state index is -4.19. The highest BCUT2D eigenvalue weighted by molar-refractivity contribution is 7.96. The number of methoxy groups -OCH3 is 1. The molecule has 2 rings (SSSR count). The minimum absolute atomic E-state index is 0.0492. The fourth-order valence-electron chi connectivity index (χ4n) is 2.30. The normalized spacial score (nSPS) is 12.0. The number of hydrogen-bond acceptors (Lipinski definition) is 5. The summed E-state index contributed by atoms with van der Waals surface area (Å²) in [6.45, 7) is 3.42. The molecule has 0 bridgehead atoms. The molecule has 0 aliphatic rings. The zero-order valence-corrected chi connectivity index (χ0v) is 15.2. The maximum absolute atomic E-state index is 13.3. The van der Waals surface area contributed by atoms with Crippen molar-refractivity contribution in [3.8, 4) is 0 Å². The molecule has 0 unspecified atom stereocenters. The minimum Gasteiger partial charge on any atom is -0.465 e. The van der Waals surface area contributed by atoms with Crippen LogP contribution in [0.5, 0.6) is 0 Å². The van der Waals surface area contributed by atoms with Crippen LogP contribution in [0, 0.1) is 25.5 Å². The molecule has 1 N–H and O–H groups in total. The smallest absolute Gasteiger partial charge is 0.351 e. The van der Waals surface area contributed by atoms with Crippen molar-refractivity contribution in [3.63, 3.8) is 0 Å². The second kappa shape index (κ2) is 7.65. The van der Waals surface area contributed by atoms with Gasteiger partial charge in [0.05, 0.1) is 12.0 Å². The number of carbonyl (C=O) groups excluding carboxylic acids is 1. The molecule has 0 atom stereocenters. The average molecular weight is 381 g/mol. The van der Waals surface area contributed by atoms with Crippen molar-refractivity contribution in [2.75, 3.05) is 12.4 Å². The third-order valence-corrected chi connectivity index (χ3v) is 5.49. The Hall–Kier alpha value is -2.74. The number of ether oxygens (including phenoxy) is 1. The van der Waals surface area contributed by atoms with Gasteiger partial charge >= 0.3 is 5.97 Å². The highest BCUT2D eigenvalue weighted by atomic mass is 32.2. The van der Waals surface area contributed by atoms with E-state index in [9.17, 15) is 22.0 Å². The van der Waals surface area contributed by atoms with E-state index in [1.165, 1.54) is 12.1 Å². The largest absolute Gasteiger partial charge is 0.465 e. The van der Waals surface area contributed by atoms with Crippen molar-refractivity contribution in [3.05, 3.63) is 70.3 Å². The molecule has 26 heavy (non-hydrogen) atoms. The van der Waals surface area contributed by atoms with Crippen LogP contribution in [0.15, 0.2) is 52.4 Å². The first-order valence-corrected chi connectivity index (χ1v) is 8.97. The van der Waals surface area contributed by atoms with Gasteiger partial charge in [0.25, 0.3) is 0 Å². The molecule has 2 aromatic carbocycles. The second-order valence-corrected chi connectivity index (χ2v) is 7.43. The van der Waals surface area contributed by atoms with Gasteiger partial charge < -0.3 is 10.1 Å². The lowest BCUT2D eigenvalue weighted by Gasteiger charge is -2.11. The molecule has 2 aromatic rings. The Morgan fingerprint density at radius 2 is 1.77 bits per heavy atom. The van der Waals surface area contributed by atoms with Gasteiger partial charge in [-0.25, -0.2) is 22.0 Å². The summed E-state index contributed by atoms with van der Waals surface area (Å²) in [6, 6.07) is 7.59. The number of hydrogen-bond donors (Lipinski definition) is 1. The van der Waals surface area contributed by atoms with Crippen LogP contribution in [-0.2, 0) is 19.4 Å². The van der Waals surface area contributed by atoms with E-state index < -0.39 is 32.3 Å². The standard InChI is InChI=1S/C18H17F2NO4S/c1-11-4-7-16(12(2)8-11)26(23,24)17(18(22)25-3)10-21-13-5-6-14(19)15(20)9-13/h4-10,21H,1-3H3/b17-10-. The predicted molar refractivity (Wildman–Crippen MR) is 93.2 cm³/mol. The lowest BCUT2D eigenvalue weighted by atomic mass is 10.2. The molecule has 0 saturated carbocycles. The van der Waals surface area contributed by atoms with Crippen LogP contribution < -0.4 is 5.32 Å². The van der Waals surface area contributed by atoms with Gasteiger partial charge in [0, 0.05) is 18.0 Å². The number of aryl methyl sites for hydroxylation is 2. The topological polar surface area (TPSA) is 72.5 Å². The molecular weight excluding hydrogens is 364 g/mol. The highest BCUT2D eigenvalue weighted by Crippen LogP contribution is 2.25. The van der Waals surface area contributed by atoms with Crippen LogP contribution in [0.4, 0.5) is 14.5 Å². The van der Waals surface area contributed by atoms with Crippen LogP contribution in [0.25, 0.3) is 0 Å². The summed E-state index contributed by atoms with van der Waals surface area (Å²) < 4.78 is 56.5. The summed E-state index contributed by atoms with van der Waals surface area (Å²) in [5.74, 6) is -3.24. The lowest BCUT2D eigenvalue weighted by molar-refractivity contribution is -0.135. The molecule has 0 fully saturated rings. The fourth-order valence-corrected chi connectivity index (χ4v) is 3.78. The van der Waals surface area contributed by atoms with Gasteiger partial charge in [-0.1, -0.05) is 17.7 Å². The van der Waals surface area contributed by atoms with Gasteiger partial charge in [-0.05, 0) is 37.6 Å². The lowest BCUT2D eigenvalue weighted by Crippen LogP contribution is -2.17. The maximum Gasteiger partial charge on any atom is 0.351 e. The Balaban J connectivity index is 2.49. The number of anilines is 1. The molecule has 0 spiro atoms. The van der Waals surface area contributed by atoms with Gasteiger partial charge in [0.15, 0.2) is 16.5 Å². The van der Waals surface area contributed by atoms with Crippen molar-refractivity contribution in [2.24, 2.45) is 0 Å². The van der Waals surface area contributed by atoms with Crippen molar-refractivity contribution in [1.29, 1.82) is 0 Å². The number of carbonyl (C=O) groups is 1. The molecule has 0 amide bonds. The third kappa shape index (κ3) is 4.08. The number of halogens is 2. The molecule has 0 aromatic heterocycles. The van der Waals surface area contributed by atoms with E-state index in [-0.39, 0.29) is 10.6 Å². The number of rotatable bonds is 5. The van der Waals surface area contributed by atoms with E-state index in [1.807, 2.05) is 6.92 Å². The van der Waals surface area contributed by atoms with E-state index in [0.29, 0.717) is 5.56 Å². The monoisotopic (exact) mass is 381 g/mol. The van der Waals surface area contributed by atoms with Crippen molar-refractivity contribution in [2.45, 2.75) is 18.7 Å². The van der Waals surface area contributed by atoms with Crippen LogP contribution in [0.2, 0.25) is 0 Å². The van der Waals surface area contributed by atoms with Gasteiger partial charge in [-0.2, -0.15) is 0 Å². The SMILES string of the molecule is COC(=O)/C(=C/Nc1ccc(F)c(F)c1)S(=O)(=O)c1ccc(C)cc1C. The molecule has 0 radical (unpaired) electrons. The van der Waals surface area contributed by atoms with E-state index in [4.69, 9.17) is 0 Å². The van der Waals surface area contributed by atoms with Crippen molar-refractivity contribution < 1.29 is 26.7 Å². The molecule has 0 saturated heterocycles. The summed E-state index contributed by atoms with van der Waals surface area (Å²) in [5.41, 5.74) is 1.40. The Morgan fingerprint density at radius 3 is 2.35 bits per heavy atom. The molecule has 0 aliphatic carbocycles. The van der Waals surface area contributed by atoms with E-state index in [0.717, 1.165) is 31.0 Å². The number of benzene rings is 2. The molecule has 0 heterocycles. The molecular formula is C18H17F2NO4S. The highest BCUT2D eigenvalue weighted by Gasteiger charge is 2.29. The Kier molecular flexibility index (Phi) is 5.76.